The van der Waals surface area contributed by atoms with E-state index in [9.17, 15) is 13.5 Å². The number of aromatic nitrogens is 2. The number of hydrogen-bond donors (Lipinski definition) is 2. The summed E-state index contributed by atoms with van der Waals surface area (Å²) in [6, 6.07) is 5.81. The highest BCUT2D eigenvalue weighted by atomic mass is 35.5. The van der Waals surface area contributed by atoms with Crippen LogP contribution in [0.2, 0.25) is 5.15 Å². The lowest BCUT2D eigenvalue weighted by molar-refractivity contribution is 0.475. The Bertz CT molecular complexity index is 885. The quantitative estimate of drug-likeness (QED) is 0.773. The van der Waals surface area contributed by atoms with Crippen molar-refractivity contribution in [1.82, 2.24) is 9.38 Å². The van der Waals surface area contributed by atoms with Gasteiger partial charge >= 0.3 is 0 Å². The fraction of sp³-hybridized carbons (Fsp3) is 0. The Morgan fingerprint density at radius 3 is 2.95 bits per heavy atom. The maximum absolute atomic E-state index is 12.4. The topological polar surface area (TPSA) is 83.7 Å². The maximum atomic E-state index is 12.4. The van der Waals surface area contributed by atoms with E-state index in [0.29, 0.717) is 4.96 Å². The Hall–Kier alpha value is -1.77. The van der Waals surface area contributed by atoms with Crippen LogP contribution in [-0.4, -0.2) is 22.9 Å². The fourth-order valence-electron chi connectivity index (χ4n) is 1.75. The zero-order valence-corrected chi connectivity index (χ0v) is 12.2. The van der Waals surface area contributed by atoms with Gasteiger partial charge in [0, 0.05) is 17.6 Å². The fourth-order valence-corrected chi connectivity index (χ4v) is 4.26. The standard InChI is InChI=1S/C11H8ClN3O3S2/c12-9-10(15-4-5-19-11(15)13-9)20(17,18)14-7-2-1-3-8(16)6-7/h1-6,14,16H. The van der Waals surface area contributed by atoms with Crippen molar-refractivity contribution in [3.05, 3.63) is 41.0 Å². The minimum absolute atomic E-state index is 0.0368. The van der Waals surface area contributed by atoms with Gasteiger partial charge in [-0.15, -0.1) is 11.3 Å². The molecule has 3 aromatic rings. The molecular weight excluding hydrogens is 322 g/mol. The third kappa shape index (κ3) is 2.21. The maximum Gasteiger partial charge on any atom is 0.281 e. The Kier molecular flexibility index (Phi) is 3.08. The van der Waals surface area contributed by atoms with Crippen LogP contribution < -0.4 is 4.72 Å². The van der Waals surface area contributed by atoms with Crippen molar-refractivity contribution in [3.63, 3.8) is 0 Å². The number of imidazole rings is 1. The first-order chi connectivity index (χ1) is 9.47. The molecule has 0 aliphatic carbocycles. The number of phenols is 1. The van der Waals surface area contributed by atoms with Crippen LogP contribution in [0.3, 0.4) is 0 Å². The van der Waals surface area contributed by atoms with Gasteiger partial charge in [0.1, 0.15) is 5.75 Å². The van der Waals surface area contributed by atoms with Crippen LogP contribution in [0.15, 0.2) is 40.9 Å². The van der Waals surface area contributed by atoms with Crippen LogP contribution in [0.25, 0.3) is 4.96 Å². The predicted octanol–water partition coefficient (Wildman–Crippen LogP) is 2.56. The van der Waals surface area contributed by atoms with E-state index >= 15 is 0 Å². The van der Waals surface area contributed by atoms with Gasteiger partial charge in [-0.3, -0.25) is 9.12 Å². The third-order valence-electron chi connectivity index (χ3n) is 2.53. The Morgan fingerprint density at radius 1 is 1.40 bits per heavy atom. The first-order valence-electron chi connectivity index (χ1n) is 5.40. The summed E-state index contributed by atoms with van der Waals surface area (Å²) in [4.78, 5) is 4.47. The number of aromatic hydroxyl groups is 1. The molecule has 3 rings (SSSR count). The van der Waals surface area contributed by atoms with Gasteiger partial charge in [0.2, 0.25) is 0 Å². The normalized spacial score (nSPS) is 11.8. The zero-order chi connectivity index (χ0) is 14.3. The summed E-state index contributed by atoms with van der Waals surface area (Å²) in [6.07, 6.45) is 1.58. The number of fused-ring (bicyclic) bond motifs is 1. The average molecular weight is 330 g/mol. The number of thiazole rings is 1. The molecule has 0 radical (unpaired) electrons. The van der Waals surface area contributed by atoms with E-state index in [1.54, 1.807) is 11.6 Å². The number of nitrogens with one attached hydrogen (secondary N) is 1. The molecule has 2 N–H and O–H groups in total. The second-order valence-electron chi connectivity index (χ2n) is 3.92. The second-order valence-corrected chi connectivity index (χ2v) is 6.75. The van der Waals surface area contributed by atoms with E-state index in [1.165, 1.54) is 40.0 Å². The number of halogens is 1. The summed E-state index contributed by atoms with van der Waals surface area (Å²) in [5, 5.41) is 10.9. The van der Waals surface area contributed by atoms with Crippen molar-refractivity contribution in [3.8, 4) is 5.75 Å². The number of hydrogen-bond acceptors (Lipinski definition) is 5. The smallest absolute Gasteiger partial charge is 0.281 e. The molecule has 0 amide bonds. The lowest BCUT2D eigenvalue weighted by atomic mass is 10.3. The highest BCUT2D eigenvalue weighted by Gasteiger charge is 2.25. The summed E-state index contributed by atoms with van der Waals surface area (Å²) >= 11 is 7.18. The molecule has 104 valence electrons. The number of sulfonamides is 1. The molecule has 6 nitrogen and oxygen atoms in total. The van der Waals surface area contributed by atoms with E-state index in [1.807, 2.05) is 0 Å². The van der Waals surface area contributed by atoms with Gasteiger partial charge in [-0.05, 0) is 12.1 Å². The van der Waals surface area contributed by atoms with Crippen molar-refractivity contribution in [1.29, 1.82) is 0 Å². The first kappa shape index (κ1) is 13.2. The van der Waals surface area contributed by atoms with Crippen molar-refractivity contribution >= 4 is 43.6 Å². The van der Waals surface area contributed by atoms with Gasteiger partial charge < -0.3 is 5.11 Å². The zero-order valence-electron chi connectivity index (χ0n) is 9.82. The lowest BCUT2D eigenvalue weighted by Gasteiger charge is -2.07. The molecule has 0 spiro atoms. The Balaban J connectivity index is 2.08. The number of phenolic OH excluding ortho intramolecular Hbond substituents is 1. The molecule has 2 heterocycles. The summed E-state index contributed by atoms with van der Waals surface area (Å²) in [5.74, 6) is -0.0368. The van der Waals surface area contributed by atoms with Crippen LogP contribution in [0.1, 0.15) is 0 Å². The predicted molar refractivity (Wildman–Crippen MR) is 77.0 cm³/mol. The average Bonchev–Trinajstić information content (AvgIpc) is 2.87. The number of benzene rings is 1. The molecule has 0 bridgehead atoms. The van der Waals surface area contributed by atoms with E-state index in [-0.39, 0.29) is 21.6 Å². The largest absolute Gasteiger partial charge is 0.508 e. The Morgan fingerprint density at radius 2 is 2.20 bits per heavy atom. The molecule has 0 saturated carbocycles. The highest BCUT2D eigenvalue weighted by Crippen LogP contribution is 2.27. The summed E-state index contributed by atoms with van der Waals surface area (Å²) < 4.78 is 28.5. The molecular formula is C11H8ClN3O3S2. The molecule has 0 saturated heterocycles. The monoisotopic (exact) mass is 329 g/mol. The SMILES string of the molecule is O=S(=O)(Nc1cccc(O)c1)c1c(Cl)nc2sccn12. The van der Waals surface area contributed by atoms with Crippen molar-refractivity contribution in [2.45, 2.75) is 5.03 Å². The summed E-state index contributed by atoms with van der Waals surface area (Å²) in [5.41, 5.74) is 0.242. The third-order valence-corrected chi connectivity index (χ3v) is 5.07. The first-order valence-corrected chi connectivity index (χ1v) is 8.14. The second kappa shape index (κ2) is 4.65. The van der Waals surface area contributed by atoms with E-state index < -0.39 is 10.0 Å². The number of anilines is 1. The van der Waals surface area contributed by atoms with E-state index in [4.69, 9.17) is 11.6 Å². The molecule has 2 aromatic heterocycles. The molecule has 0 aliphatic rings. The molecule has 0 fully saturated rings. The molecule has 9 heteroatoms. The van der Waals surface area contributed by atoms with Crippen LogP contribution >= 0.6 is 22.9 Å². The van der Waals surface area contributed by atoms with Crippen molar-refractivity contribution in [2.24, 2.45) is 0 Å². The minimum Gasteiger partial charge on any atom is -0.508 e. The van der Waals surface area contributed by atoms with Crippen LogP contribution in [-0.2, 0) is 10.0 Å². The van der Waals surface area contributed by atoms with Gasteiger partial charge in [0.25, 0.3) is 10.0 Å². The van der Waals surface area contributed by atoms with E-state index in [2.05, 4.69) is 9.71 Å². The van der Waals surface area contributed by atoms with Gasteiger partial charge in [0.05, 0.1) is 5.69 Å². The van der Waals surface area contributed by atoms with Crippen molar-refractivity contribution < 1.29 is 13.5 Å². The number of nitrogens with zero attached hydrogens (tertiary/aromatic N) is 2. The van der Waals surface area contributed by atoms with Crippen molar-refractivity contribution in [2.75, 3.05) is 4.72 Å². The molecule has 0 aliphatic heterocycles. The Labute approximate surface area is 123 Å². The summed E-state index contributed by atoms with van der Waals surface area (Å²) in [7, 11) is -3.90. The van der Waals surface area contributed by atoms with Gasteiger partial charge in [-0.2, -0.15) is 8.42 Å². The molecule has 0 unspecified atom stereocenters. The molecule has 0 atom stereocenters. The minimum atomic E-state index is -3.90. The molecule has 20 heavy (non-hydrogen) atoms. The van der Waals surface area contributed by atoms with E-state index in [0.717, 1.165) is 0 Å². The van der Waals surface area contributed by atoms with Gasteiger partial charge in [-0.25, -0.2) is 4.98 Å². The van der Waals surface area contributed by atoms with Crippen LogP contribution in [0, 0.1) is 0 Å². The summed E-state index contributed by atoms with van der Waals surface area (Å²) in [6.45, 7) is 0. The molecule has 1 aromatic carbocycles. The lowest BCUT2D eigenvalue weighted by Crippen LogP contribution is -2.15. The van der Waals surface area contributed by atoms with Crippen LogP contribution in [0.5, 0.6) is 5.75 Å². The van der Waals surface area contributed by atoms with Crippen LogP contribution in [0.4, 0.5) is 5.69 Å². The highest BCUT2D eigenvalue weighted by molar-refractivity contribution is 7.92. The van der Waals surface area contributed by atoms with Gasteiger partial charge in [-0.1, -0.05) is 17.7 Å². The van der Waals surface area contributed by atoms with Gasteiger partial charge in [0.15, 0.2) is 15.1 Å². The number of rotatable bonds is 3.